The summed E-state index contributed by atoms with van der Waals surface area (Å²) in [7, 11) is 0. The van der Waals surface area contributed by atoms with Crippen molar-refractivity contribution in [2.45, 2.75) is 71.5 Å². The quantitative estimate of drug-likeness (QED) is 0.640. The first-order valence-electron chi connectivity index (χ1n) is 8.68. The van der Waals surface area contributed by atoms with Gasteiger partial charge in [-0.05, 0) is 40.2 Å². The molecule has 0 aliphatic carbocycles. The number of nitrogens with one attached hydrogen (secondary N) is 2. The van der Waals surface area contributed by atoms with Crippen LogP contribution < -0.4 is 10.6 Å². The van der Waals surface area contributed by atoms with Crippen LogP contribution >= 0.6 is 0 Å². The Bertz CT molecular complexity index is 263. The van der Waals surface area contributed by atoms with E-state index < -0.39 is 0 Å². The minimum absolute atomic E-state index is 0.210. The maximum absolute atomic E-state index is 5.76. The molecule has 0 bridgehead atoms. The zero-order valence-corrected chi connectivity index (χ0v) is 14.9. The standard InChI is InChI=1S/C17H37N3O/c1-15(2)18-9-12-21-13-11-20-10-7-6-8-16(20)14-19-17(3,4)5/h15-16,18-19H,6-14H2,1-5H3. The maximum Gasteiger partial charge on any atom is 0.0594 e. The second-order valence-corrected chi connectivity index (χ2v) is 7.54. The fourth-order valence-corrected chi connectivity index (χ4v) is 2.71. The number of rotatable bonds is 9. The van der Waals surface area contributed by atoms with E-state index >= 15 is 0 Å². The van der Waals surface area contributed by atoms with Crippen molar-refractivity contribution in [3.63, 3.8) is 0 Å². The van der Waals surface area contributed by atoms with Gasteiger partial charge in [-0.15, -0.1) is 0 Å². The van der Waals surface area contributed by atoms with Crippen LogP contribution in [-0.4, -0.2) is 61.9 Å². The van der Waals surface area contributed by atoms with Gasteiger partial charge in [-0.1, -0.05) is 20.3 Å². The Morgan fingerprint density at radius 3 is 2.62 bits per heavy atom. The van der Waals surface area contributed by atoms with E-state index in [1.54, 1.807) is 0 Å². The van der Waals surface area contributed by atoms with E-state index in [9.17, 15) is 0 Å². The van der Waals surface area contributed by atoms with Gasteiger partial charge in [-0.25, -0.2) is 0 Å². The topological polar surface area (TPSA) is 36.5 Å². The zero-order valence-electron chi connectivity index (χ0n) is 14.9. The Hall–Kier alpha value is -0.160. The van der Waals surface area contributed by atoms with E-state index in [0.717, 1.165) is 32.8 Å². The largest absolute Gasteiger partial charge is 0.379 e. The molecule has 0 aromatic heterocycles. The molecule has 21 heavy (non-hydrogen) atoms. The van der Waals surface area contributed by atoms with Crippen LogP contribution in [0.5, 0.6) is 0 Å². The molecule has 1 atom stereocenters. The van der Waals surface area contributed by atoms with Crippen molar-refractivity contribution in [1.29, 1.82) is 0 Å². The highest BCUT2D eigenvalue weighted by Gasteiger charge is 2.23. The lowest BCUT2D eigenvalue weighted by Gasteiger charge is -2.37. The van der Waals surface area contributed by atoms with Crippen LogP contribution in [0.15, 0.2) is 0 Å². The van der Waals surface area contributed by atoms with Crippen LogP contribution in [0.4, 0.5) is 0 Å². The second-order valence-electron chi connectivity index (χ2n) is 7.54. The van der Waals surface area contributed by atoms with E-state index in [1.165, 1.54) is 25.8 Å². The number of hydrogen-bond acceptors (Lipinski definition) is 4. The Morgan fingerprint density at radius 1 is 1.19 bits per heavy atom. The summed E-state index contributed by atoms with van der Waals surface area (Å²) in [5.74, 6) is 0. The van der Waals surface area contributed by atoms with Crippen molar-refractivity contribution >= 4 is 0 Å². The number of piperidine rings is 1. The predicted molar refractivity (Wildman–Crippen MR) is 90.9 cm³/mol. The fourth-order valence-electron chi connectivity index (χ4n) is 2.71. The molecule has 1 saturated heterocycles. The van der Waals surface area contributed by atoms with Gasteiger partial charge in [-0.3, -0.25) is 4.90 Å². The van der Waals surface area contributed by atoms with Crippen LogP contribution in [-0.2, 0) is 4.74 Å². The number of ether oxygens (including phenoxy) is 1. The Balaban J connectivity index is 2.17. The van der Waals surface area contributed by atoms with Crippen molar-refractivity contribution < 1.29 is 4.74 Å². The molecule has 1 heterocycles. The molecule has 0 aromatic carbocycles. The zero-order chi connectivity index (χ0) is 15.7. The Kier molecular flexibility index (Phi) is 8.79. The van der Waals surface area contributed by atoms with Crippen molar-refractivity contribution in [3.05, 3.63) is 0 Å². The maximum atomic E-state index is 5.76. The van der Waals surface area contributed by atoms with Gasteiger partial charge in [0.2, 0.25) is 0 Å². The van der Waals surface area contributed by atoms with Crippen LogP contribution in [0.3, 0.4) is 0 Å². The first-order valence-corrected chi connectivity index (χ1v) is 8.68. The highest BCUT2D eigenvalue weighted by Crippen LogP contribution is 2.16. The van der Waals surface area contributed by atoms with Gasteiger partial charge >= 0.3 is 0 Å². The van der Waals surface area contributed by atoms with Crippen molar-refractivity contribution in [2.75, 3.05) is 39.4 Å². The summed E-state index contributed by atoms with van der Waals surface area (Å²) in [5.41, 5.74) is 0.210. The lowest BCUT2D eigenvalue weighted by atomic mass is 10.0. The van der Waals surface area contributed by atoms with E-state index in [4.69, 9.17) is 4.74 Å². The predicted octanol–water partition coefficient (Wildman–Crippen LogP) is 2.24. The van der Waals surface area contributed by atoms with Crippen molar-refractivity contribution in [2.24, 2.45) is 0 Å². The third-order valence-corrected chi connectivity index (χ3v) is 3.94. The van der Waals surface area contributed by atoms with Crippen LogP contribution in [0, 0.1) is 0 Å². The highest BCUT2D eigenvalue weighted by molar-refractivity contribution is 4.82. The number of likely N-dealkylation sites (tertiary alicyclic amines) is 1. The Morgan fingerprint density at radius 2 is 1.95 bits per heavy atom. The summed E-state index contributed by atoms with van der Waals surface area (Å²) in [6, 6.07) is 1.22. The molecule has 126 valence electrons. The third-order valence-electron chi connectivity index (χ3n) is 3.94. The molecule has 1 unspecified atom stereocenters. The molecule has 0 radical (unpaired) electrons. The number of nitrogens with zero attached hydrogens (tertiary/aromatic N) is 1. The molecule has 0 spiro atoms. The van der Waals surface area contributed by atoms with Gasteiger partial charge in [0.15, 0.2) is 0 Å². The van der Waals surface area contributed by atoms with E-state index in [-0.39, 0.29) is 5.54 Å². The van der Waals surface area contributed by atoms with Crippen molar-refractivity contribution in [1.82, 2.24) is 15.5 Å². The van der Waals surface area contributed by atoms with Gasteiger partial charge in [0.25, 0.3) is 0 Å². The lowest BCUT2D eigenvalue weighted by Crippen LogP contribution is -2.50. The fraction of sp³-hybridized carbons (Fsp3) is 1.00. The molecule has 0 aromatic rings. The summed E-state index contributed by atoms with van der Waals surface area (Å²) >= 11 is 0. The Labute approximate surface area is 132 Å². The van der Waals surface area contributed by atoms with Crippen LogP contribution in [0.25, 0.3) is 0 Å². The molecule has 0 saturated carbocycles. The molecule has 4 heteroatoms. The smallest absolute Gasteiger partial charge is 0.0594 e. The summed E-state index contributed by atoms with van der Waals surface area (Å²) in [6.45, 7) is 17.1. The average molecular weight is 300 g/mol. The van der Waals surface area contributed by atoms with Gasteiger partial charge in [0.05, 0.1) is 13.2 Å². The van der Waals surface area contributed by atoms with Crippen molar-refractivity contribution in [3.8, 4) is 0 Å². The summed E-state index contributed by atoms with van der Waals surface area (Å²) in [5, 5.41) is 7.03. The first-order chi connectivity index (χ1) is 9.88. The van der Waals surface area contributed by atoms with Crippen LogP contribution in [0.1, 0.15) is 53.9 Å². The second kappa shape index (κ2) is 9.78. The lowest BCUT2D eigenvalue weighted by molar-refractivity contribution is 0.0701. The number of hydrogen-bond donors (Lipinski definition) is 2. The molecule has 4 nitrogen and oxygen atoms in total. The highest BCUT2D eigenvalue weighted by atomic mass is 16.5. The normalized spacial score (nSPS) is 21.1. The molecule has 1 aliphatic rings. The molecule has 2 N–H and O–H groups in total. The van der Waals surface area contributed by atoms with Crippen LogP contribution in [0.2, 0.25) is 0 Å². The molecule has 1 fully saturated rings. The van der Waals surface area contributed by atoms with E-state index in [1.807, 2.05) is 0 Å². The first kappa shape index (κ1) is 18.9. The summed E-state index contributed by atoms with van der Waals surface area (Å²) < 4.78 is 5.76. The van der Waals surface area contributed by atoms with Gasteiger partial charge < -0.3 is 15.4 Å². The van der Waals surface area contributed by atoms with Gasteiger partial charge in [0.1, 0.15) is 0 Å². The monoisotopic (exact) mass is 299 g/mol. The SMILES string of the molecule is CC(C)NCCOCCN1CCCCC1CNC(C)(C)C. The summed E-state index contributed by atoms with van der Waals surface area (Å²) in [4.78, 5) is 2.61. The minimum Gasteiger partial charge on any atom is -0.379 e. The average Bonchev–Trinajstić information content (AvgIpc) is 2.40. The molecular weight excluding hydrogens is 262 g/mol. The molecule has 0 amide bonds. The molecule has 1 rings (SSSR count). The third kappa shape index (κ3) is 9.46. The van der Waals surface area contributed by atoms with E-state index in [0.29, 0.717) is 12.1 Å². The molecular formula is C17H37N3O. The molecule has 1 aliphatic heterocycles. The summed E-state index contributed by atoms with van der Waals surface area (Å²) in [6.07, 6.45) is 4.02. The minimum atomic E-state index is 0.210. The van der Waals surface area contributed by atoms with E-state index in [2.05, 4.69) is 50.2 Å². The van der Waals surface area contributed by atoms with Gasteiger partial charge in [-0.2, -0.15) is 0 Å². The van der Waals surface area contributed by atoms with Gasteiger partial charge in [0, 0.05) is 37.3 Å².